The third-order valence-corrected chi connectivity index (χ3v) is 3.01. The van der Waals surface area contributed by atoms with Crippen LogP contribution in [0.5, 0.6) is 0 Å². The largest absolute Gasteiger partial charge is 0.476 e. The molecule has 0 aliphatic rings. The molecule has 0 saturated carbocycles. The quantitative estimate of drug-likeness (QED) is 0.834. The minimum absolute atomic E-state index is 0.00565. The molecule has 1 N–H and O–H groups in total. The molecule has 2 rings (SSSR count). The van der Waals surface area contributed by atoms with Gasteiger partial charge in [-0.1, -0.05) is 0 Å². The molecule has 0 unspecified atom stereocenters. The number of likely N-dealkylation sites (N-methyl/N-ethyl adjacent to an activating group) is 1. The number of nitrogens with zero attached hydrogens (tertiary/aromatic N) is 5. The van der Waals surface area contributed by atoms with Gasteiger partial charge in [-0.05, 0) is 13.0 Å². The van der Waals surface area contributed by atoms with Crippen LogP contribution < -0.4 is 0 Å². The molecule has 21 heavy (non-hydrogen) atoms. The maximum atomic E-state index is 12.1. The Morgan fingerprint density at radius 2 is 2.14 bits per heavy atom. The predicted octanol–water partition coefficient (Wildman–Crippen LogP) is 0.456. The summed E-state index contributed by atoms with van der Waals surface area (Å²) in [5, 5.41) is 16.7. The third kappa shape index (κ3) is 3.68. The lowest BCUT2D eigenvalue weighted by atomic mass is 10.3. The van der Waals surface area contributed by atoms with E-state index in [0.29, 0.717) is 6.54 Å². The van der Waals surface area contributed by atoms with Crippen molar-refractivity contribution in [3.8, 4) is 0 Å². The van der Waals surface area contributed by atoms with Crippen LogP contribution in [0.15, 0.2) is 24.7 Å². The molecule has 0 fully saturated rings. The summed E-state index contributed by atoms with van der Waals surface area (Å²) in [5.41, 5.74) is 0.870. The van der Waals surface area contributed by atoms with Gasteiger partial charge in [0, 0.05) is 38.1 Å². The van der Waals surface area contributed by atoms with E-state index in [0.717, 1.165) is 12.1 Å². The van der Waals surface area contributed by atoms with E-state index in [-0.39, 0.29) is 18.1 Å². The lowest BCUT2D eigenvalue weighted by molar-refractivity contribution is -0.131. The number of hydrogen-bond donors (Lipinski definition) is 1. The minimum atomic E-state index is -1.11. The lowest BCUT2D eigenvalue weighted by Crippen LogP contribution is -2.29. The van der Waals surface area contributed by atoms with Crippen molar-refractivity contribution in [1.82, 2.24) is 24.5 Å². The molecule has 2 aromatic heterocycles. The zero-order valence-corrected chi connectivity index (χ0v) is 11.9. The molecule has 0 aliphatic carbocycles. The topological polar surface area (TPSA) is 93.2 Å². The Balaban J connectivity index is 1.93. The van der Waals surface area contributed by atoms with E-state index in [9.17, 15) is 9.59 Å². The van der Waals surface area contributed by atoms with E-state index in [1.54, 1.807) is 22.8 Å². The summed E-state index contributed by atoms with van der Waals surface area (Å²) in [4.78, 5) is 24.3. The molecular weight excluding hydrogens is 274 g/mol. The van der Waals surface area contributed by atoms with Crippen LogP contribution in [0.4, 0.5) is 0 Å². The van der Waals surface area contributed by atoms with Crippen molar-refractivity contribution in [1.29, 1.82) is 0 Å². The highest BCUT2D eigenvalue weighted by Gasteiger charge is 2.13. The predicted molar refractivity (Wildman–Crippen MR) is 73.6 cm³/mol. The zero-order valence-electron chi connectivity index (χ0n) is 11.9. The molecule has 0 bridgehead atoms. The number of aryl methyl sites for hydroxylation is 1. The lowest BCUT2D eigenvalue weighted by Gasteiger charge is -2.16. The fraction of sp³-hybridized carbons (Fsp3) is 0.385. The van der Waals surface area contributed by atoms with Crippen molar-refractivity contribution in [3.63, 3.8) is 0 Å². The van der Waals surface area contributed by atoms with Gasteiger partial charge in [-0.2, -0.15) is 10.2 Å². The highest BCUT2D eigenvalue weighted by molar-refractivity contribution is 5.85. The first-order chi connectivity index (χ1) is 9.99. The van der Waals surface area contributed by atoms with Gasteiger partial charge in [-0.15, -0.1) is 0 Å². The van der Waals surface area contributed by atoms with Gasteiger partial charge < -0.3 is 10.0 Å². The summed E-state index contributed by atoms with van der Waals surface area (Å²) in [6.07, 6.45) is 5.09. The van der Waals surface area contributed by atoms with Crippen molar-refractivity contribution < 1.29 is 14.7 Å². The van der Waals surface area contributed by atoms with Gasteiger partial charge in [0.1, 0.15) is 6.54 Å². The molecule has 2 aromatic rings. The fourth-order valence-electron chi connectivity index (χ4n) is 1.85. The molecule has 8 heteroatoms. The van der Waals surface area contributed by atoms with Crippen LogP contribution in [0.1, 0.15) is 23.0 Å². The van der Waals surface area contributed by atoms with Crippen molar-refractivity contribution >= 4 is 11.9 Å². The summed E-state index contributed by atoms with van der Waals surface area (Å²) in [6.45, 7) is 3.23. The number of amides is 1. The number of carboxylic acids is 1. The molecule has 0 atom stereocenters. The summed E-state index contributed by atoms with van der Waals surface area (Å²) in [7, 11) is 1.69. The highest BCUT2D eigenvalue weighted by Crippen LogP contribution is 2.04. The molecule has 2 heterocycles. The van der Waals surface area contributed by atoms with Crippen molar-refractivity contribution in [3.05, 3.63) is 35.9 Å². The summed E-state index contributed by atoms with van der Waals surface area (Å²) < 4.78 is 3.11. The van der Waals surface area contributed by atoms with Crippen LogP contribution in [0, 0.1) is 0 Å². The molecule has 0 aliphatic heterocycles. The summed E-state index contributed by atoms with van der Waals surface area (Å²) >= 11 is 0. The van der Waals surface area contributed by atoms with Crippen LogP contribution in [-0.2, 0) is 24.4 Å². The number of rotatable bonds is 6. The maximum absolute atomic E-state index is 12.1. The van der Waals surface area contributed by atoms with Crippen molar-refractivity contribution in [2.45, 2.75) is 26.6 Å². The number of carbonyl (C=O) groups is 2. The van der Waals surface area contributed by atoms with Crippen molar-refractivity contribution in [2.75, 3.05) is 7.05 Å². The van der Waals surface area contributed by atoms with Gasteiger partial charge in [0.25, 0.3) is 0 Å². The summed E-state index contributed by atoms with van der Waals surface area (Å²) in [6, 6.07) is 1.36. The molecule has 0 spiro atoms. The van der Waals surface area contributed by atoms with E-state index in [2.05, 4.69) is 10.2 Å². The average Bonchev–Trinajstić information content (AvgIpc) is 3.07. The van der Waals surface area contributed by atoms with Gasteiger partial charge in [0.15, 0.2) is 5.69 Å². The zero-order chi connectivity index (χ0) is 15.4. The maximum Gasteiger partial charge on any atom is 0.356 e. The highest BCUT2D eigenvalue weighted by atomic mass is 16.4. The van der Waals surface area contributed by atoms with Crippen LogP contribution in [0.3, 0.4) is 0 Å². The number of aromatic nitrogens is 4. The average molecular weight is 291 g/mol. The van der Waals surface area contributed by atoms with Gasteiger partial charge in [0.2, 0.25) is 5.91 Å². The molecule has 1 amide bonds. The second-order valence-electron chi connectivity index (χ2n) is 4.66. The first-order valence-electron chi connectivity index (χ1n) is 6.51. The SMILES string of the molecule is CCn1cc(CN(C)C(=O)Cn2ccc(C(=O)O)n2)cn1. The Morgan fingerprint density at radius 3 is 2.71 bits per heavy atom. The van der Waals surface area contributed by atoms with Gasteiger partial charge in [-0.3, -0.25) is 14.2 Å². The van der Waals surface area contributed by atoms with E-state index in [4.69, 9.17) is 5.11 Å². The molecule has 0 radical (unpaired) electrons. The normalized spacial score (nSPS) is 10.6. The Morgan fingerprint density at radius 1 is 1.38 bits per heavy atom. The van der Waals surface area contributed by atoms with E-state index in [1.165, 1.54) is 16.9 Å². The van der Waals surface area contributed by atoms with Gasteiger partial charge in [-0.25, -0.2) is 4.79 Å². The van der Waals surface area contributed by atoms with Crippen LogP contribution in [-0.4, -0.2) is 48.5 Å². The van der Waals surface area contributed by atoms with Gasteiger partial charge in [0.05, 0.1) is 6.20 Å². The fourth-order valence-corrected chi connectivity index (χ4v) is 1.85. The van der Waals surface area contributed by atoms with Crippen molar-refractivity contribution in [2.24, 2.45) is 0 Å². The number of carboxylic acid groups (broad SMARTS) is 1. The smallest absolute Gasteiger partial charge is 0.356 e. The van der Waals surface area contributed by atoms with Gasteiger partial charge >= 0.3 is 5.97 Å². The standard InChI is InChI=1S/C13H17N5O3/c1-3-17-8-10(6-14-17)7-16(2)12(19)9-18-5-4-11(15-18)13(20)21/h4-6,8H,3,7,9H2,1-2H3,(H,20,21). The minimum Gasteiger partial charge on any atom is -0.476 e. The summed E-state index contributed by atoms with van der Waals surface area (Å²) in [5.74, 6) is -1.26. The van der Waals surface area contributed by atoms with Crippen LogP contribution in [0.25, 0.3) is 0 Å². The van der Waals surface area contributed by atoms with E-state index in [1.807, 2.05) is 13.1 Å². The number of aromatic carboxylic acids is 1. The Kier molecular flexibility index (Phi) is 4.36. The van der Waals surface area contributed by atoms with E-state index >= 15 is 0 Å². The Hall–Kier alpha value is -2.64. The molecule has 0 saturated heterocycles. The Labute approximate surface area is 121 Å². The first kappa shape index (κ1) is 14.8. The van der Waals surface area contributed by atoms with Crippen LogP contribution >= 0.6 is 0 Å². The van der Waals surface area contributed by atoms with Crippen LogP contribution in [0.2, 0.25) is 0 Å². The first-order valence-corrected chi connectivity index (χ1v) is 6.51. The van der Waals surface area contributed by atoms with E-state index < -0.39 is 5.97 Å². The molecular formula is C13H17N5O3. The number of hydrogen-bond acceptors (Lipinski definition) is 4. The molecule has 112 valence electrons. The molecule has 0 aromatic carbocycles. The Bertz CT molecular complexity index is 646. The number of carbonyl (C=O) groups excluding carboxylic acids is 1. The molecule has 8 nitrogen and oxygen atoms in total. The second-order valence-corrected chi connectivity index (χ2v) is 4.66. The third-order valence-electron chi connectivity index (χ3n) is 3.01. The second kappa shape index (κ2) is 6.21. The monoisotopic (exact) mass is 291 g/mol.